The molecule has 0 radical (unpaired) electrons. The highest BCUT2D eigenvalue weighted by Crippen LogP contribution is 2.51. The van der Waals surface area contributed by atoms with Gasteiger partial charge in [-0.3, -0.25) is 4.79 Å². The quantitative estimate of drug-likeness (QED) is 0.849. The van der Waals surface area contributed by atoms with Crippen molar-refractivity contribution in [3.63, 3.8) is 0 Å². The molecule has 0 bridgehead atoms. The standard InChI is InChI=1S/C14H16O3/c15-13(16)9-14(6-7-14)10-2-1-3-12(8-10)17-11-4-5-11/h1-3,8,11H,4-7,9H2,(H,15,16). The Morgan fingerprint density at radius 3 is 2.76 bits per heavy atom. The Hall–Kier alpha value is -1.51. The highest BCUT2D eigenvalue weighted by molar-refractivity contribution is 5.70. The Balaban J connectivity index is 1.79. The topological polar surface area (TPSA) is 46.5 Å². The predicted molar refractivity (Wildman–Crippen MR) is 63.3 cm³/mol. The Bertz CT molecular complexity index is 445. The summed E-state index contributed by atoms with van der Waals surface area (Å²) in [5, 5.41) is 8.94. The van der Waals surface area contributed by atoms with Gasteiger partial charge in [0.2, 0.25) is 0 Å². The third-order valence-corrected chi connectivity index (χ3v) is 3.62. The van der Waals surface area contributed by atoms with E-state index >= 15 is 0 Å². The lowest BCUT2D eigenvalue weighted by atomic mass is 9.92. The third-order valence-electron chi connectivity index (χ3n) is 3.62. The molecule has 2 saturated carbocycles. The number of rotatable bonds is 5. The van der Waals surface area contributed by atoms with Crippen LogP contribution in [0.1, 0.15) is 37.7 Å². The fourth-order valence-corrected chi connectivity index (χ4v) is 2.29. The summed E-state index contributed by atoms with van der Waals surface area (Å²) in [7, 11) is 0. The third kappa shape index (κ3) is 2.28. The van der Waals surface area contributed by atoms with Crippen LogP contribution in [0.5, 0.6) is 5.75 Å². The van der Waals surface area contributed by atoms with Crippen molar-refractivity contribution in [2.75, 3.05) is 0 Å². The number of carboxylic acid groups (broad SMARTS) is 1. The molecule has 0 aliphatic heterocycles. The molecular formula is C14H16O3. The van der Waals surface area contributed by atoms with Gasteiger partial charge in [0.05, 0.1) is 12.5 Å². The zero-order valence-corrected chi connectivity index (χ0v) is 9.69. The van der Waals surface area contributed by atoms with E-state index in [-0.39, 0.29) is 11.8 Å². The molecule has 0 amide bonds. The second-order valence-corrected chi connectivity index (χ2v) is 5.20. The van der Waals surface area contributed by atoms with Crippen LogP contribution >= 0.6 is 0 Å². The van der Waals surface area contributed by atoms with Crippen LogP contribution in [0, 0.1) is 0 Å². The first-order valence-electron chi connectivity index (χ1n) is 6.17. The van der Waals surface area contributed by atoms with Gasteiger partial charge >= 0.3 is 5.97 Å². The molecule has 2 aliphatic rings. The van der Waals surface area contributed by atoms with Gasteiger partial charge in [0, 0.05) is 5.41 Å². The maximum atomic E-state index is 10.9. The van der Waals surface area contributed by atoms with E-state index in [1.807, 2.05) is 24.3 Å². The lowest BCUT2D eigenvalue weighted by Gasteiger charge is -2.14. The van der Waals surface area contributed by atoms with Crippen molar-refractivity contribution in [3.8, 4) is 5.75 Å². The van der Waals surface area contributed by atoms with Gasteiger partial charge in [-0.1, -0.05) is 12.1 Å². The van der Waals surface area contributed by atoms with Crippen molar-refractivity contribution < 1.29 is 14.6 Å². The SMILES string of the molecule is O=C(O)CC1(c2cccc(OC3CC3)c2)CC1. The molecule has 90 valence electrons. The molecule has 3 rings (SSSR count). The summed E-state index contributed by atoms with van der Waals surface area (Å²) in [5.41, 5.74) is 1.01. The van der Waals surface area contributed by atoms with E-state index in [0.717, 1.165) is 37.0 Å². The molecule has 1 aromatic carbocycles. The van der Waals surface area contributed by atoms with Crippen molar-refractivity contribution in [2.24, 2.45) is 0 Å². The van der Waals surface area contributed by atoms with E-state index in [0.29, 0.717) is 6.10 Å². The van der Waals surface area contributed by atoms with E-state index in [1.54, 1.807) is 0 Å². The normalized spacial score (nSPS) is 20.9. The van der Waals surface area contributed by atoms with Crippen LogP contribution in [0.4, 0.5) is 0 Å². The van der Waals surface area contributed by atoms with Crippen LogP contribution in [-0.4, -0.2) is 17.2 Å². The first-order chi connectivity index (χ1) is 8.18. The Kier molecular flexibility index (Phi) is 2.35. The summed E-state index contributed by atoms with van der Waals surface area (Å²) >= 11 is 0. The highest BCUT2D eigenvalue weighted by Gasteiger charge is 2.46. The molecule has 2 fully saturated rings. The van der Waals surface area contributed by atoms with Gasteiger partial charge in [-0.2, -0.15) is 0 Å². The summed E-state index contributed by atoms with van der Waals surface area (Å²) in [5.74, 6) is 0.178. The van der Waals surface area contributed by atoms with Crippen molar-refractivity contribution in [1.82, 2.24) is 0 Å². The van der Waals surface area contributed by atoms with Crippen LogP contribution in [0.25, 0.3) is 0 Å². The number of hydrogen-bond donors (Lipinski definition) is 1. The summed E-state index contributed by atoms with van der Waals surface area (Å²) in [6.45, 7) is 0. The van der Waals surface area contributed by atoms with Crippen LogP contribution in [0.3, 0.4) is 0 Å². The summed E-state index contributed by atoms with van der Waals surface area (Å²) < 4.78 is 5.75. The molecule has 17 heavy (non-hydrogen) atoms. The van der Waals surface area contributed by atoms with Crippen molar-refractivity contribution >= 4 is 5.97 Å². The molecule has 0 heterocycles. The summed E-state index contributed by atoms with van der Waals surface area (Å²) in [6.07, 6.45) is 4.87. The molecule has 0 atom stereocenters. The first-order valence-corrected chi connectivity index (χ1v) is 6.17. The number of ether oxygens (including phenoxy) is 1. The Morgan fingerprint density at radius 1 is 1.41 bits per heavy atom. The Morgan fingerprint density at radius 2 is 2.18 bits per heavy atom. The van der Waals surface area contributed by atoms with Gasteiger partial charge < -0.3 is 9.84 Å². The highest BCUT2D eigenvalue weighted by atomic mass is 16.5. The lowest BCUT2D eigenvalue weighted by molar-refractivity contribution is -0.137. The van der Waals surface area contributed by atoms with Crippen LogP contribution in [0.15, 0.2) is 24.3 Å². The zero-order valence-electron chi connectivity index (χ0n) is 9.69. The molecule has 0 unspecified atom stereocenters. The smallest absolute Gasteiger partial charge is 0.304 e. The van der Waals surface area contributed by atoms with Crippen molar-refractivity contribution in [2.45, 2.75) is 43.6 Å². The second-order valence-electron chi connectivity index (χ2n) is 5.20. The molecule has 1 N–H and O–H groups in total. The van der Waals surface area contributed by atoms with Gasteiger partial charge in [-0.15, -0.1) is 0 Å². The summed E-state index contributed by atoms with van der Waals surface area (Å²) in [4.78, 5) is 10.9. The molecule has 0 spiro atoms. The first kappa shape index (κ1) is 10.6. The molecule has 0 aromatic heterocycles. The number of hydrogen-bond acceptors (Lipinski definition) is 2. The van der Waals surface area contributed by atoms with Crippen LogP contribution in [0.2, 0.25) is 0 Å². The number of aliphatic carboxylic acids is 1. The van der Waals surface area contributed by atoms with Crippen molar-refractivity contribution in [1.29, 1.82) is 0 Å². The lowest BCUT2D eigenvalue weighted by Crippen LogP contribution is -2.13. The number of carboxylic acids is 1. The second kappa shape index (κ2) is 3.76. The van der Waals surface area contributed by atoms with Crippen LogP contribution in [-0.2, 0) is 10.2 Å². The number of carbonyl (C=O) groups is 1. The minimum Gasteiger partial charge on any atom is -0.490 e. The minimum absolute atomic E-state index is 0.116. The van der Waals surface area contributed by atoms with Gasteiger partial charge in [-0.25, -0.2) is 0 Å². The van der Waals surface area contributed by atoms with Gasteiger partial charge in [0.1, 0.15) is 5.75 Å². The molecule has 1 aromatic rings. The largest absolute Gasteiger partial charge is 0.490 e. The van der Waals surface area contributed by atoms with E-state index in [9.17, 15) is 4.79 Å². The fraction of sp³-hybridized carbons (Fsp3) is 0.500. The Labute approximate surface area is 100 Å². The zero-order chi connectivity index (χ0) is 11.9. The molecule has 2 aliphatic carbocycles. The average molecular weight is 232 g/mol. The minimum atomic E-state index is -0.712. The van der Waals surface area contributed by atoms with Gasteiger partial charge in [0.15, 0.2) is 0 Å². The monoisotopic (exact) mass is 232 g/mol. The molecule has 0 saturated heterocycles. The van der Waals surface area contributed by atoms with E-state index in [1.165, 1.54) is 0 Å². The number of benzene rings is 1. The maximum absolute atomic E-state index is 10.9. The average Bonchev–Trinajstić information content (AvgIpc) is 3.15. The van der Waals surface area contributed by atoms with E-state index < -0.39 is 5.97 Å². The molecule has 3 nitrogen and oxygen atoms in total. The molecular weight excluding hydrogens is 216 g/mol. The summed E-state index contributed by atoms with van der Waals surface area (Å²) in [6, 6.07) is 7.97. The predicted octanol–water partition coefficient (Wildman–Crippen LogP) is 2.73. The fourth-order valence-electron chi connectivity index (χ4n) is 2.29. The van der Waals surface area contributed by atoms with E-state index in [2.05, 4.69) is 0 Å². The maximum Gasteiger partial charge on any atom is 0.304 e. The van der Waals surface area contributed by atoms with E-state index in [4.69, 9.17) is 9.84 Å². The van der Waals surface area contributed by atoms with Crippen LogP contribution < -0.4 is 4.74 Å². The van der Waals surface area contributed by atoms with Gasteiger partial charge in [-0.05, 0) is 43.4 Å². The molecule has 3 heteroatoms. The van der Waals surface area contributed by atoms with Gasteiger partial charge in [0.25, 0.3) is 0 Å². The van der Waals surface area contributed by atoms with Crippen molar-refractivity contribution in [3.05, 3.63) is 29.8 Å².